The summed E-state index contributed by atoms with van der Waals surface area (Å²) < 4.78 is 16.4. The summed E-state index contributed by atoms with van der Waals surface area (Å²) in [7, 11) is 1.53. The standard InChI is InChI=1S/C20H22N6O3/c1-12(14-3-4-22-20-18(14)28-5-6-29-20)9-23-17-8-16(25-11-26-17)13-7-15(21)19(27-2)24-10-13/h3-4,7-8,10-12H,5-6,9,21H2,1-2H3,(H,23,25,26). The second-order valence-electron chi connectivity index (χ2n) is 6.62. The van der Waals surface area contributed by atoms with E-state index in [9.17, 15) is 0 Å². The van der Waals surface area contributed by atoms with E-state index >= 15 is 0 Å². The summed E-state index contributed by atoms with van der Waals surface area (Å²) in [5, 5.41) is 3.35. The third-order valence-corrected chi connectivity index (χ3v) is 4.63. The zero-order chi connectivity index (χ0) is 20.2. The van der Waals surface area contributed by atoms with Crippen molar-refractivity contribution in [3.8, 4) is 28.8 Å². The van der Waals surface area contributed by atoms with Gasteiger partial charge in [-0.3, -0.25) is 0 Å². The van der Waals surface area contributed by atoms with Crippen LogP contribution in [0.3, 0.4) is 0 Å². The summed E-state index contributed by atoms with van der Waals surface area (Å²) in [5.74, 6) is 2.52. The van der Waals surface area contributed by atoms with E-state index < -0.39 is 0 Å². The maximum Gasteiger partial charge on any atom is 0.257 e. The third kappa shape index (κ3) is 3.98. The molecule has 29 heavy (non-hydrogen) atoms. The van der Waals surface area contributed by atoms with Crippen LogP contribution in [0.4, 0.5) is 11.5 Å². The molecule has 0 saturated carbocycles. The summed E-state index contributed by atoms with van der Waals surface area (Å²) in [4.78, 5) is 17.1. The van der Waals surface area contributed by atoms with E-state index in [1.165, 1.54) is 13.4 Å². The van der Waals surface area contributed by atoms with Crippen LogP contribution in [0.2, 0.25) is 0 Å². The van der Waals surface area contributed by atoms with Gasteiger partial charge in [0.2, 0.25) is 5.88 Å². The number of pyridine rings is 2. The molecule has 9 heteroatoms. The fourth-order valence-corrected chi connectivity index (χ4v) is 3.12. The predicted molar refractivity (Wildman–Crippen MR) is 108 cm³/mol. The lowest BCUT2D eigenvalue weighted by Gasteiger charge is -2.22. The maximum absolute atomic E-state index is 5.95. The van der Waals surface area contributed by atoms with E-state index in [0.29, 0.717) is 43.0 Å². The lowest BCUT2D eigenvalue weighted by atomic mass is 10.0. The normalized spacial score (nSPS) is 13.6. The molecule has 3 aromatic rings. The number of methoxy groups -OCH3 is 1. The highest BCUT2D eigenvalue weighted by Gasteiger charge is 2.20. The number of nitrogens with one attached hydrogen (secondary N) is 1. The number of rotatable bonds is 6. The monoisotopic (exact) mass is 394 g/mol. The Balaban J connectivity index is 1.48. The number of nitrogens with two attached hydrogens (primary N) is 1. The van der Waals surface area contributed by atoms with Gasteiger partial charge in [-0.25, -0.2) is 19.9 Å². The summed E-state index contributed by atoms with van der Waals surface area (Å²) in [6, 6.07) is 5.59. The molecule has 0 spiro atoms. The SMILES string of the molecule is COc1ncc(-c2cc(NCC(C)c3ccnc4c3OCCO4)ncn2)cc1N. The van der Waals surface area contributed by atoms with Gasteiger partial charge in [-0.2, -0.15) is 0 Å². The van der Waals surface area contributed by atoms with Gasteiger partial charge in [0.25, 0.3) is 5.88 Å². The number of aromatic nitrogens is 4. The molecule has 0 bridgehead atoms. The van der Waals surface area contributed by atoms with Crippen LogP contribution in [-0.4, -0.2) is 46.8 Å². The van der Waals surface area contributed by atoms with Gasteiger partial charge in [-0.15, -0.1) is 0 Å². The van der Waals surface area contributed by atoms with E-state index in [2.05, 4.69) is 32.2 Å². The largest absolute Gasteiger partial charge is 0.484 e. The Labute approximate surface area is 168 Å². The highest BCUT2D eigenvalue weighted by Crippen LogP contribution is 2.35. The molecule has 0 saturated heterocycles. The number of nitrogens with zero attached hydrogens (tertiary/aromatic N) is 4. The molecule has 9 nitrogen and oxygen atoms in total. The first-order valence-electron chi connectivity index (χ1n) is 9.26. The van der Waals surface area contributed by atoms with E-state index in [-0.39, 0.29) is 5.92 Å². The third-order valence-electron chi connectivity index (χ3n) is 4.63. The summed E-state index contributed by atoms with van der Waals surface area (Å²) >= 11 is 0. The van der Waals surface area contributed by atoms with Gasteiger partial charge < -0.3 is 25.3 Å². The molecule has 0 radical (unpaired) electrons. The lowest BCUT2D eigenvalue weighted by Crippen LogP contribution is -2.19. The van der Waals surface area contributed by atoms with Crippen LogP contribution >= 0.6 is 0 Å². The molecule has 1 aliphatic heterocycles. The number of hydrogen-bond donors (Lipinski definition) is 2. The molecular weight excluding hydrogens is 372 g/mol. The highest BCUT2D eigenvalue weighted by molar-refractivity contribution is 5.67. The molecule has 0 fully saturated rings. The van der Waals surface area contributed by atoms with Crippen LogP contribution in [0.1, 0.15) is 18.4 Å². The van der Waals surface area contributed by atoms with Crippen LogP contribution in [0.15, 0.2) is 36.9 Å². The van der Waals surface area contributed by atoms with Crippen LogP contribution in [0, 0.1) is 0 Å². The van der Waals surface area contributed by atoms with Crippen molar-refractivity contribution >= 4 is 11.5 Å². The van der Waals surface area contributed by atoms with Crippen molar-refractivity contribution in [1.29, 1.82) is 0 Å². The van der Waals surface area contributed by atoms with Crippen LogP contribution in [0.5, 0.6) is 17.5 Å². The van der Waals surface area contributed by atoms with E-state index in [1.807, 2.05) is 12.1 Å². The van der Waals surface area contributed by atoms with Crippen LogP contribution < -0.4 is 25.3 Å². The number of fused-ring (bicyclic) bond motifs is 1. The lowest BCUT2D eigenvalue weighted by molar-refractivity contribution is 0.162. The number of hydrogen-bond acceptors (Lipinski definition) is 9. The molecule has 1 unspecified atom stereocenters. The first-order chi connectivity index (χ1) is 14.2. The fourth-order valence-electron chi connectivity index (χ4n) is 3.12. The summed E-state index contributed by atoms with van der Waals surface area (Å²) in [6.45, 7) is 3.81. The Morgan fingerprint density at radius 1 is 1.17 bits per heavy atom. The average Bonchev–Trinajstić information content (AvgIpc) is 2.77. The quantitative estimate of drug-likeness (QED) is 0.650. The number of nitrogen functional groups attached to an aromatic ring is 1. The smallest absolute Gasteiger partial charge is 0.257 e. The van der Waals surface area contributed by atoms with Crippen molar-refractivity contribution in [2.45, 2.75) is 12.8 Å². The van der Waals surface area contributed by atoms with Gasteiger partial charge >= 0.3 is 0 Å². The Hall–Kier alpha value is -3.62. The Kier molecular flexibility index (Phi) is 5.28. The summed E-state index contributed by atoms with van der Waals surface area (Å²) in [5.41, 5.74) is 8.96. The minimum Gasteiger partial charge on any atom is -0.484 e. The van der Waals surface area contributed by atoms with Gasteiger partial charge in [0.1, 0.15) is 25.4 Å². The first kappa shape index (κ1) is 18.7. The van der Waals surface area contributed by atoms with Gasteiger partial charge in [-0.05, 0) is 12.1 Å². The molecule has 0 aromatic carbocycles. The molecule has 0 amide bonds. The highest BCUT2D eigenvalue weighted by atomic mass is 16.6. The van der Waals surface area contributed by atoms with Crippen molar-refractivity contribution in [2.75, 3.05) is 37.9 Å². The zero-order valence-corrected chi connectivity index (χ0v) is 16.3. The molecule has 0 aliphatic carbocycles. The minimum atomic E-state index is 0.158. The molecule has 3 aromatic heterocycles. The Bertz CT molecular complexity index is 1010. The fraction of sp³-hybridized carbons (Fsp3) is 0.300. The zero-order valence-electron chi connectivity index (χ0n) is 16.3. The van der Waals surface area contributed by atoms with Gasteiger partial charge in [0.15, 0.2) is 5.75 Å². The van der Waals surface area contributed by atoms with E-state index in [1.54, 1.807) is 18.5 Å². The number of ether oxygens (including phenoxy) is 3. The van der Waals surface area contributed by atoms with Crippen molar-refractivity contribution in [2.24, 2.45) is 0 Å². The first-order valence-corrected chi connectivity index (χ1v) is 9.26. The van der Waals surface area contributed by atoms with Gasteiger partial charge in [0, 0.05) is 42.0 Å². The maximum atomic E-state index is 5.95. The van der Waals surface area contributed by atoms with Crippen molar-refractivity contribution in [3.63, 3.8) is 0 Å². The molecule has 4 rings (SSSR count). The molecule has 3 N–H and O–H groups in total. The van der Waals surface area contributed by atoms with Crippen molar-refractivity contribution < 1.29 is 14.2 Å². The molecular formula is C20H22N6O3. The number of anilines is 2. The van der Waals surface area contributed by atoms with Crippen LogP contribution in [-0.2, 0) is 0 Å². The van der Waals surface area contributed by atoms with Crippen LogP contribution in [0.25, 0.3) is 11.3 Å². The van der Waals surface area contributed by atoms with Crippen molar-refractivity contribution in [1.82, 2.24) is 19.9 Å². The molecule has 1 aliphatic rings. The molecule has 4 heterocycles. The second-order valence-corrected chi connectivity index (χ2v) is 6.62. The average molecular weight is 394 g/mol. The van der Waals surface area contributed by atoms with Gasteiger partial charge in [-0.1, -0.05) is 6.92 Å². The summed E-state index contributed by atoms with van der Waals surface area (Å²) in [6.07, 6.45) is 4.92. The predicted octanol–water partition coefficient (Wildman–Crippen LogP) is 2.51. The topological polar surface area (TPSA) is 117 Å². The Morgan fingerprint density at radius 2 is 2.03 bits per heavy atom. The minimum absolute atomic E-state index is 0.158. The molecule has 1 atom stereocenters. The Morgan fingerprint density at radius 3 is 2.86 bits per heavy atom. The van der Waals surface area contributed by atoms with E-state index in [0.717, 1.165) is 22.6 Å². The van der Waals surface area contributed by atoms with Crippen molar-refractivity contribution in [3.05, 3.63) is 42.5 Å². The second kappa shape index (κ2) is 8.17. The van der Waals surface area contributed by atoms with Gasteiger partial charge in [0.05, 0.1) is 18.5 Å². The van der Waals surface area contributed by atoms with E-state index in [4.69, 9.17) is 19.9 Å². The molecule has 150 valence electrons.